The summed E-state index contributed by atoms with van der Waals surface area (Å²) in [4.78, 5) is 1.99. The predicted octanol–water partition coefficient (Wildman–Crippen LogP) is 6.47. The van der Waals surface area contributed by atoms with Crippen LogP contribution in [0.2, 0.25) is 0 Å². The van der Waals surface area contributed by atoms with Crippen molar-refractivity contribution in [2.75, 3.05) is 26.1 Å². The number of nitrogens with zero attached hydrogens (tertiary/aromatic N) is 1. The fourth-order valence-electron chi connectivity index (χ4n) is 3.57. The van der Waals surface area contributed by atoms with Gasteiger partial charge in [0.2, 0.25) is 0 Å². The van der Waals surface area contributed by atoms with Gasteiger partial charge in [0.25, 0.3) is 10.1 Å². The van der Waals surface area contributed by atoms with Crippen LogP contribution in [0.3, 0.4) is 0 Å². The van der Waals surface area contributed by atoms with Gasteiger partial charge in [-0.3, -0.25) is 4.55 Å². The van der Waals surface area contributed by atoms with Crippen LogP contribution in [0.1, 0.15) is 47.6 Å². The summed E-state index contributed by atoms with van der Waals surface area (Å²) in [6.07, 6.45) is 7.80. The summed E-state index contributed by atoms with van der Waals surface area (Å²) in [5, 5.41) is 0. The standard InChI is InChI=1S/C28H31NO4S/c1-20(2)26-17-13-23(18-28(26)34(30,31)32)11-10-21-6-8-22(9-7-21)12-14-24-15-16-25(29(3)4)19-27(24)33-5/h6-20H,1-5H3,(H,30,31,32)/b11-10+,14-12+. The van der Waals surface area contributed by atoms with E-state index in [1.165, 1.54) is 6.07 Å². The second kappa shape index (κ2) is 10.7. The highest BCUT2D eigenvalue weighted by atomic mass is 32.2. The van der Waals surface area contributed by atoms with Gasteiger partial charge in [-0.25, -0.2) is 0 Å². The number of benzene rings is 3. The zero-order valence-electron chi connectivity index (χ0n) is 20.2. The summed E-state index contributed by atoms with van der Waals surface area (Å²) in [5.41, 5.74) is 5.40. The molecule has 34 heavy (non-hydrogen) atoms. The van der Waals surface area contributed by atoms with Crippen molar-refractivity contribution in [3.63, 3.8) is 0 Å². The molecule has 0 atom stereocenters. The Bertz CT molecular complexity index is 1300. The smallest absolute Gasteiger partial charge is 0.294 e. The fraction of sp³-hybridized carbons (Fsp3) is 0.214. The van der Waals surface area contributed by atoms with E-state index in [1.807, 2.05) is 99.6 Å². The fourth-order valence-corrected chi connectivity index (χ4v) is 4.45. The number of hydrogen-bond donors (Lipinski definition) is 1. The van der Waals surface area contributed by atoms with E-state index in [9.17, 15) is 13.0 Å². The minimum absolute atomic E-state index is 0.0126. The van der Waals surface area contributed by atoms with E-state index < -0.39 is 10.1 Å². The van der Waals surface area contributed by atoms with Crippen LogP contribution in [0.25, 0.3) is 24.3 Å². The van der Waals surface area contributed by atoms with E-state index in [0.29, 0.717) is 11.1 Å². The first-order chi connectivity index (χ1) is 16.1. The van der Waals surface area contributed by atoms with Gasteiger partial charge in [-0.05, 0) is 46.4 Å². The van der Waals surface area contributed by atoms with Crippen LogP contribution >= 0.6 is 0 Å². The molecule has 0 amide bonds. The van der Waals surface area contributed by atoms with Gasteiger partial charge >= 0.3 is 0 Å². The lowest BCUT2D eigenvalue weighted by molar-refractivity contribution is 0.414. The molecule has 0 heterocycles. The minimum atomic E-state index is -4.28. The zero-order chi connectivity index (χ0) is 24.9. The van der Waals surface area contributed by atoms with Gasteiger partial charge in [0.1, 0.15) is 5.75 Å². The normalized spacial score (nSPS) is 12.1. The summed E-state index contributed by atoms with van der Waals surface area (Å²) in [6.45, 7) is 3.79. The minimum Gasteiger partial charge on any atom is -0.496 e. The molecule has 0 unspecified atom stereocenters. The van der Waals surface area contributed by atoms with Crippen molar-refractivity contribution in [2.24, 2.45) is 0 Å². The Morgan fingerprint density at radius 3 is 1.91 bits per heavy atom. The molecular formula is C28H31NO4S. The van der Waals surface area contributed by atoms with Crippen molar-refractivity contribution < 1.29 is 17.7 Å². The maximum absolute atomic E-state index is 11.8. The number of anilines is 1. The van der Waals surface area contributed by atoms with Crippen LogP contribution in [-0.4, -0.2) is 34.2 Å². The lowest BCUT2D eigenvalue weighted by Gasteiger charge is -2.14. The first kappa shape index (κ1) is 25.3. The molecule has 0 aromatic heterocycles. The molecule has 5 nitrogen and oxygen atoms in total. The van der Waals surface area contributed by atoms with E-state index in [1.54, 1.807) is 13.2 Å². The highest BCUT2D eigenvalue weighted by Crippen LogP contribution is 2.27. The molecule has 0 saturated carbocycles. The molecular weight excluding hydrogens is 446 g/mol. The first-order valence-corrected chi connectivity index (χ1v) is 12.5. The van der Waals surface area contributed by atoms with Gasteiger partial charge < -0.3 is 9.64 Å². The highest BCUT2D eigenvalue weighted by Gasteiger charge is 2.17. The van der Waals surface area contributed by atoms with Crippen LogP contribution in [0.5, 0.6) is 5.75 Å². The number of hydrogen-bond acceptors (Lipinski definition) is 4. The van der Waals surface area contributed by atoms with Gasteiger partial charge in [-0.15, -0.1) is 0 Å². The van der Waals surface area contributed by atoms with Gasteiger partial charge in [-0.2, -0.15) is 8.42 Å². The van der Waals surface area contributed by atoms with Crippen molar-refractivity contribution >= 4 is 40.1 Å². The molecule has 0 saturated heterocycles. The first-order valence-electron chi connectivity index (χ1n) is 11.0. The van der Waals surface area contributed by atoms with E-state index in [2.05, 4.69) is 6.07 Å². The Hall–Kier alpha value is -3.35. The Labute approximate surface area is 202 Å². The summed E-state index contributed by atoms with van der Waals surface area (Å²) in [6, 6.07) is 19.2. The van der Waals surface area contributed by atoms with Crippen molar-refractivity contribution in [2.45, 2.75) is 24.7 Å². The van der Waals surface area contributed by atoms with Crippen LogP contribution in [0.4, 0.5) is 5.69 Å². The van der Waals surface area contributed by atoms with Gasteiger partial charge in [-0.1, -0.05) is 74.5 Å². The number of methoxy groups -OCH3 is 1. The third kappa shape index (κ3) is 6.37. The summed E-state index contributed by atoms with van der Waals surface area (Å²) < 4.78 is 38.7. The topological polar surface area (TPSA) is 66.8 Å². The van der Waals surface area contributed by atoms with Crippen LogP contribution in [-0.2, 0) is 10.1 Å². The Kier molecular flexibility index (Phi) is 7.97. The van der Waals surface area contributed by atoms with E-state index >= 15 is 0 Å². The van der Waals surface area contributed by atoms with Crippen LogP contribution < -0.4 is 9.64 Å². The molecule has 6 heteroatoms. The summed E-state index contributed by atoms with van der Waals surface area (Å²) in [5.74, 6) is 0.802. The predicted molar refractivity (Wildman–Crippen MR) is 142 cm³/mol. The Morgan fingerprint density at radius 2 is 1.38 bits per heavy atom. The zero-order valence-corrected chi connectivity index (χ0v) is 21.0. The van der Waals surface area contributed by atoms with E-state index in [4.69, 9.17) is 4.74 Å². The van der Waals surface area contributed by atoms with Gasteiger partial charge in [0.05, 0.1) is 12.0 Å². The quantitative estimate of drug-likeness (QED) is 0.297. The Balaban J connectivity index is 1.77. The van der Waals surface area contributed by atoms with E-state index in [-0.39, 0.29) is 10.8 Å². The number of ether oxygens (including phenoxy) is 1. The van der Waals surface area contributed by atoms with Gasteiger partial charge in [0, 0.05) is 31.4 Å². The molecule has 3 aromatic rings. The lowest BCUT2D eigenvalue weighted by Crippen LogP contribution is -2.08. The van der Waals surface area contributed by atoms with E-state index in [0.717, 1.165) is 28.1 Å². The molecule has 3 rings (SSSR count). The van der Waals surface area contributed by atoms with Crippen molar-refractivity contribution in [1.82, 2.24) is 0 Å². The molecule has 0 aliphatic rings. The SMILES string of the molecule is COc1cc(N(C)C)ccc1/C=C/c1ccc(/C=C/c2ccc(C(C)C)c(S(=O)(=O)O)c2)cc1. The van der Waals surface area contributed by atoms with Gasteiger partial charge in [0.15, 0.2) is 0 Å². The summed E-state index contributed by atoms with van der Waals surface area (Å²) in [7, 11) is 1.37. The molecule has 3 aromatic carbocycles. The molecule has 0 aliphatic carbocycles. The summed E-state index contributed by atoms with van der Waals surface area (Å²) >= 11 is 0. The molecule has 0 radical (unpaired) electrons. The molecule has 0 aliphatic heterocycles. The molecule has 0 fully saturated rings. The monoisotopic (exact) mass is 477 g/mol. The molecule has 178 valence electrons. The number of rotatable bonds is 8. The van der Waals surface area contributed by atoms with Crippen molar-refractivity contribution in [3.05, 3.63) is 88.5 Å². The second-order valence-corrected chi connectivity index (χ2v) is 9.97. The van der Waals surface area contributed by atoms with Crippen molar-refractivity contribution in [3.8, 4) is 5.75 Å². The second-order valence-electron chi connectivity index (χ2n) is 8.58. The maximum atomic E-state index is 11.8. The molecule has 1 N–H and O–H groups in total. The third-order valence-electron chi connectivity index (χ3n) is 5.53. The van der Waals surface area contributed by atoms with Crippen molar-refractivity contribution in [1.29, 1.82) is 0 Å². The molecule has 0 spiro atoms. The third-order valence-corrected chi connectivity index (χ3v) is 6.44. The average Bonchev–Trinajstić information content (AvgIpc) is 2.81. The van der Waals surface area contributed by atoms with Crippen LogP contribution in [0.15, 0.2) is 65.6 Å². The highest BCUT2D eigenvalue weighted by molar-refractivity contribution is 7.85. The average molecular weight is 478 g/mol. The largest absolute Gasteiger partial charge is 0.496 e. The Morgan fingerprint density at radius 1 is 0.824 bits per heavy atom. The van der Waals surface area contributed by atoms with Crippen LogP contribution in [0, 0.1) is 0 Å². The lowest BCUT2D eigenvalue weighted by atomic mass is 10.0. The maximum Gasteiger partial charge on any atom is 0.294 e. The molecule has 0 bridgehead atoms.